The molecule has 0 unspecified atom stereocenters. The van der Waals surface area contributed by atoms with Crippen LogP contribution in [-0.2, 0) is 21.5 Å². The predicted molar refractivity (Wildman–Crippen MR) is 98.8 cm³/mol. The number of nitrogens with one attached hydrogen (secondary N) is 1. The van der Waals surface area contributed by atoms with E-state index in [-0.39, 0.29) is 12.5 Å². The molecule has 1 aromatic heterocycles. The molecule has 0 radical (unpaired) electrons. The minimum atomic E-state index is -3.51. The number of hydrogen-bond donors (Lipinski definition) is 1. The topological polar surface area (TPSA) is 58.6 Å². The van der Waals surface area contributed by atoms with Gasteiger partial charge in [-0.05, 0) is 24.8 Å². The summed E-state index contributed by atoms with van der Waals surface area (Å²) < 4.78 is 35.6. The first-order valence-corrected chi connectivity index (χ1v) is 10.5. The lowest BCUT2D eigenvalue weighted by atomic mass is 10.0. The van der Waals surface area contributed by atoms with Crippen molar-refractivity contribution in [3.05, 3.63) is 34.2 Å². The van der Waals surface area contributed by atoms with Crippen molar-refractivity contribution in [2.24, 2.45) is 5.92 Å². The van der Waals surface area contributed by atoms with Crippen LogP contribution in [0.15, 0.2) is 24.3 Å². The monoisotopic (exact) mass is 388 g/mol. The van der Waals surface area contributed by atoms with Crippen molar-refractivity contribution in [2.75, 3.05) is 26.8 Å². The molecule has 8 heteroatoms. The Morgan fingerprint density at radius 3 is 2.96 bits per heavy atom. The number of rotatable bonds is 6. The fraction of sp³-hybridized carbons (Fsp3) is 0.500. The summed E-state index contributed by atoms with van der Waals surface area (Å²) in [5, 5.41) is 1.60. The predicted octanol–water partition coefficient (Wildman–Crippen LogP) is 3.25. The van der Waals surface area contributed by atoms with Crippen molar-refractivity contribution < 1.29 is 13.2 Å². The van der Waals surface area contributed by atoms with Crippen LogP contribution in [0.4, 0.5) is 0 Å². The number of fused-ring (bicyclic) bond motifs is 1. The summed E-state index contributed by atoms with van der Waals surface area (Å²) in [6, 6.07) is 7.82. The number of methoxy groups -OCH3 is 1. The van der Waals surface area contributed by atoms with Crippen LogP contribution in [-0.4, -0.2) is 39.5 Å². The lowest BCUT2D eigenvalue weighted by Crippen LogP contribution is -2.46. The van der Waals surface area contributed by atoms with Gasteiger partial charge in [-0.2, -0.15) is 17.4 Å². The van der Waals surface area contributed by atoms with E-state index in [0.29, 0.717) is 24.7 Å². The van der Waals surface area contributed by atoms with Gasteiger partial charge >= 0.3 is 0 Å². The normalized spacial score (nSPS) is 19.8. The summed E-state index contributed by atoms with van der Waals surface area (Å²) in [5.74, 6) is 0.258. The van der Waals surface area contributed by atoms with E-state index >= 15 is 0 Å². The van der Waals surface area contributed by atoms with Crippen LogP contribution in [0.3, 0.4) is 0 Å². The zero-order valence-corrected chi connectivity index (χ0v) is 15.9. The molecule has 1 atom stereocenters. The third kappa shape index (κ3) is 3.92. The molecule has 1 saturated heterocycles. The van der Waals surface area contributed by atoms with Gasteiger partial charge in [0.05, 0.1) is 11.6 Å². The van der Waals surface area contributed by atoms with E-state index in [9.17, 15) is 8.42 Å². The maximum atomic E-state index is 12.6. The van der Waals surface area contributed by atoms with Crippen LogP contribution in [0.2, 0.25) is 5.02 Å². The van der Waals surface area contributed by atoms with Crippen LogP contribution >= 0.6 is 22.9 Å². The van der Waals surface area contributed by atoms with Gasteiger partial charge in [0.25, 0.3) is 10.2 Å². The van der Waals surface area contributed by atoms with Crippen molar-refractivity contribution in [1.29, 1.82) is 0 Å². The molecule has 1 aliphatic heterocycles. The molecular weight excluding hydrogens is 368 g/mol. The smallest absolute Gasteiger partial charge is 0.279 e. The van der Waals surface area contributed by atoms with E-state index in [1.54, 1.807) is 7.11 Å². The summed E-state index contributed by atoms with van der Waals surface area (Å²) in [7, 11) is -1.86. The lowest BCUT2D eigenvalue weighted by molar-refractivity contribution is 0.118. The molecule has 132 valence electrons. The maximum absolute atomic E-state index is 12.6. The summed E-state index contributed by atoms with van der Waals surface area (Å²) in [6.45, 7) is 1.86. The van der Waals surface area contributed by atoms with Crippen molar-refractivity contribution in [3.8, 4) is 0 Å². The molecule has 2 heterocycles. The summed E-state index contributed by atoms with van der Waals surface area (Å²) >= 11 is 7.90. The van der Waals surface area contributed by atoms with Gasteiger partial charge < -0.3 is 4.74 Å². The summed E-state index contributed by atoms with van der Waals surface area (Å²) in [4.78, 5) is 0.840. The van der Waals surface area contributed by atoms with Gasteiger partial charge in [-0.1, -0.05) is 29.8 Å². The van der Waals surface area contributed by atoms with Crippen molar-refractivity contribution in [3.63, 3.8) is 0 Å². The SMILES string of the molecule is COC[C@H]1CCCN(S(=O)(=O)NCc2sc3ccccc3c2Cl)C1. The molecule has 0 aliphatic carbocycles. The molecule has 1 aromatic carbocycles. The first-order valence-electron chi connectivity index (χ1n) is 7.91. The van der Waals surface area contributed by atoms with Gasteiger partial charge in [0, 0.05) is 41.7 Å². The maximum Gasteiger partial charge on any atom is 0.279 e. The Bertz CT molecular complexity index is 805. The molecule has 5 nitrogen and oxygen atoms in total. The summed E-state index contributed by atoms with van der Waals surface area (Å²) in [5.41, 5.74) is 0. The highest BCUT2D eigenvalue weighted by Crippen LogP contribution is 2.35. The summed E-state index contributed by atoms with van der Waals surface area (Å²) in [6.07, 6.45) is 1.86. The highest BCUT2D eigenvalue weighted by atomic mass is 35.5. The lowest BCUT2D eigenvalue weighted by Gasteiger charge is -2.31. The Hall–Kier alpha value is -0.700. The van der Waals surface area contributed by atoms with Crippen LogP contribution in [0.25, 0.3) is 10.1 Å². The fourth-order valence-corrected chi connectivity index (χ4v) is 5.86. The van der Waals surface area contributed by atoms with Crippen molar-refractivity contribution in [2.45, 2.75) is 19.4 Å². The number of thiophene rings is 1. The average Bonchev–Trinajstić information content (AvgIpc) is 2.90. The highest BCUT2D eigenvalue weighted by molar-refractivity contribution is 7.87. The Balaban J connectivity index is 1.69. The molecule has 24 heavy (non-hydrogen) atoms. The quantitative estimate of drug-likeness (QED) is 0.826. The zero-order valence-electron chi connectivity index (χ0n) is 13.5. The number of ether oxygens (including phenoxy) is 1. The third-order valence-corrected chi connectivity index (χ3v) is 7.48. The Morgan fingerprint density at radius 2 is 2.21 bits per heavy atom. The minimum absolute atomic E-state index is 0.214. The number of hydrogen-bond acceptors (Lipinski definition) is 4. The Morgan fingerprint density at radius 1 is 1.42 bits per heavy atom. The Labute approximate surface area is 151 Å². The molecular formula is C16H21ClN2O3S2. The molecule has 0 bridgehead atoms. The number of benzene rings is 1. The minimum Gasteiger partial charge on any atom is -0.384 e. The zero-order chi connectivity index (χ0) is 17.2. The van der Waals surface area contributed by atoms with E-state index in [4.69, 9.17) is 16.3 Å². The van der Waals surface area contributed by atoms with Gasteiger partial charge in [-0.25, -0.2) is 0 Å². The molecule has 0 amide bonds. The van der Waals surface area contributed by atoms with Gasteiger partial charge in [-0.3, -0.25) is 0 Å². The van der Waals surface area contributed by atoms with E-state index < -0.39 is 10.2 Å². The number of halogens is 1. The van der Waals surface area contributed by atoms with Crippen LogP contribution in [0, 0.1) is 5.92 Å². The first-order chi connectivity index (χ1) is 11.5. The van der Waals surface area contributed by atoms with Gasteiger partial charge in [0.2, 0.25) is 0 Å². The Kier molecular flexibility index (Phi) is 5.79. The highest BCUT2D eigenvalue weighted by Gasteiger charge is 2.29. The molecule has 2 aromatic rings. The molecule has 1 fully saturated rings. The molecule has 3 rings (SSSR count). The molecule has 1 aliphatic rings. The molecule has 1 N–H and O–H groups in total. The van der Waals surface area contributed by atoms with Gasteiger partial charge in [0.15, 0.2) is 0 Å². The van der Waals surface area contributed by atoms with Crippen molar-refractivity contribution >= 4 is 43.2 Å². The van der Waals surface area contributed by atoms with Crippen LogP contribution in [0.1, 0.15) is 17.7 Å². The molecule has 0 saturated carbocycles. The molecule has 0 spiro atoms. The standard InChI is InChI=1S/C16H21ClN2O3S2/c1-22-11-12-5-4-8-19(10-12)24(20,21)18-9-15-16(17)13-6-2-3-7-14(13)23-15/h2-3,6-7,12,18H,4-5,8-11H2,1H3/t12-/m0/s1. The van der Waals surface area contributed by atoms with E-state index in [1.165, 1.54) is 15.6 Å². The second kappa shape index (κ2) is 7.68. The van der Waals surface area contributed by atoms with E-state index in [2.05, 4.69) is 4.72 Å². The van der Waals surface area contributed by atoms with Gasteiger partial charge in [-0.15, -0.1) is 11.3 Å². The second-order valence-corrected chi connectivity index (χ2v) is 9.25. The van der Waals surface area contributed by atoms with Crippen LogP contribution in [0.5, 0.6) is 0 Å². The van der Waals surface area contributed by atoms with E-state index in [0.717, 1.165) is 27.8 Å². The number of nitrogens with zero attached hydrogens (tertiary/aromatic N) is 1. The fourth-order valence-electron chi connectivity index (χ4n) is 3.04. The first kappa shape index (κ1) is 18.1. The second-order valence-electron chi connectivity index (χ2n) is 5.98. The van der Waals surface area contributed by atoms with Crippen LogP contribution < -0.4 is 4.72 Å². The largest absolute Gasteiger partial charge is 0.384 e. The van der Waals surface area contributed by atoms with Gasteiger partial charge in [0.1, 0.15) is 0 Å². The third-order valence-electron chi connectivity index (χ3n) is 4.24. The number of piperidine rings is 1. The van der Waals surface area contributed by atoms with Crippen molar-refractivity contribution in [1.82, 2.24) is 9.03 Å². The average molecular weight is 389 g/mol. The van der Waals surface area contributed by atoms with E-state index in [1.807, 2.05) is 24.3 Å².